The Balaban J connectivity index is 2.06. The standard InChI is InChI=1S/C8H13FO/c1-2-7-3-8(4-7,5-9)10-6-7/h2-6H2,1H3. The first-order chi connectivity index (χ1) is 4.74. The van der Waals surface area contributed by atoms with Gasteiger partial charge in [-0.1, -0.05) is 6.92 Å². The van der Waals surface area contributed by atoms with Gasteiger partial charge < -0.3 is 4.74 Å². The van der Waals surface area contributed by atoms with Crippen LogP contribution in [0, 0.1) is 5.41 Å². The molecule has 0 N–H and O–H groups in total. The van der Waals surface area contributed by atoms with Crippen molar-refractivity contribution in [3.8, 4) is 0 Å². The molecule has 58 valence electrons. The Morgan fingerprint density at radius 2 is 2.20 bits per heavy atom. The van der Waals surface area contributed by atoms with E-state index in [-0.39, 0.29) is 12.3 Å². The predicted molar refractivity (Wildman–Crippen MR) is 36.6 cm³/mol. The summed E-state index contributed by atoms with van der Waals surface area (Å²) < 4.78 is 17.7. The van der Waals surface area contributed by atoms with E-state index in [1.54, 1.807) is 0 Å². The molecule has 0 atom stereocenters. The third-order valence-electron chi connectivity index (χ3n) is 3.07. The van der Waals surface area contributed by atoms with E-state index in [0.29, 0.717) is 5.41 Å². The average molecular weight is 144 g/mol. The maximum atomic E-state index is 12.3. The molecule has 0 aromatic rings. The van der Waals surface area contributed by atoms with Crippen molar-refractivity contribution in [1.29, 1.82) is 0 Å². The molecule has 2 heteroatoms. The minimum Gasteiger partial charge on any atom is -0.372 e. The van der Waals surface area contributed by atoms with Crippen molar-refractivity contribution in [1.82, 2.24) is 0 Å². The van der Waals surface area contributed by atoms with Crippen molar-refractivity contribution in [3.63, 3.8) is 0 Å². The molecule has 0 radical (unpaired) electrons. The normalized spacial score (nSPS) is 51.0. The molecule has 2 saturated heterocycles. The maximum absolute atomic E-state index is 12.3. The molecule has 10 heavy (non-hydrogen) atoms. The first-order valence-corrected chi connectivity index (χ1v) is 3.94. The number of hydrogen-bond donors (Lipinski definition) is 0. The van der Waals surface area contributed by atoms with Gasteiger partial charge in [0, 0.05) is 0 Å². The number of rotatable bonds is 2. The van der Waals surface area contributed by atoms with Crippen LogP contribution in [0.3, 0.4) is 0 Å². The highest BCUT2D eigenvalue weighted by atomic mass is 19.1. The SMILES string of the molecule is CCC12COC(CF)(C1)C2. The lowest BCUT2D eigenvalue weighted by Crippen LogP contribution is -2.45. The molecule has 2 aliphatic heterocycles. The van der Waals surface area contributed by atoms with Crippen molar-refractivity contribution in [3.05, 3.63) is 0 Å². The van der Waals surface area contributed by atoms with Crippen molar-refractivity contribution in [2.75, 3.05) is 13.3 Å². The van der Waals surface area contributed by atoms with Gasteiger partial charge in [0.1, 0.15) is 6.67 Å². The van der Waals surface area contributed by atoms with Crippen LogP contribution >= 0.6 is 0 Å². The molecule has 2 heterocycles. The van der Waals surface area contributed by atoms with Crippen LogP contribution in [0.4, 0.5) is 4.39 Å². The van der Waals surface area contributed by atoms with E-state index in [1.165, 1.54) is 0 Å². The summed E-state index contributed by atoms with van der Waals surface area (Å²) in [4.78, 5) is 0. The summed E-state index contributed by atoms with van der Waals surface area (Å²) in [6.07, 6.45) is 3.08. The van der Waals surface area contributed by atoms with Gasteiger partial charge in [0.2, 0.25) is 0 Å². The van der Waals surface area contributed by atoms with Crippen LogP contribution in [-0.2, 0) is 4.74 Å². The average Bonchev–Trinajstić information content (AvgIpc) is 2.40. The van der Waals surface area contributed by atoms with Gasteiger partial charge in [-0.2, -0.15) is 0 Å². The lowest BCUT2D eigenvalue weighted by Gasteiger charge is -2.42. The van der Waals surface area contributed by atoms with Crippen molar-refractivity contribution in [2.24, 2.45) is 5.41 Å². The summed E-state index contributed by atoms with van der Waals surface area (Å²) >= 11 is 0. The van der Waals surface area contributed by atoms with E-state index in [9.17, 15) is 4.39 Å². The Kier molecular flexibility index (Phi) is 1.14. The van der Waals surface area contributed by atoms with Crippen LogP contribution in [0.5, 0.6) is 0 Å². The lowest BCUT2D eigenvalue weighted by atomic mass is 9.62. The number of fused-ring (bicyclic) bond motifs is 1. The topological polar surface area (TPSA) is 9.23 Å². The van der Waals surface area contributed by atoms with Gasteiger partial charge >= 0.3 is 0 Å². The van der Waals surface area contributed by atoms with Gasteiger partial charge in [0.15, 0.2) is 0 Å². The van der Waals surface area contributed by atoms with Crippen molar-refractivity contribution >= 4 is 0 Å². The molecular formula is C8H13FO. The summed E-state index contributed by atoms with van der Waals surface area (Å²) in [5, 5.41) is 0. The van der Waals surface area contributed by atoms with Gasteiger partial charge in [-0.05, 0) is 24.7 Å². The quantitative estimate of drug-likeness (QED) is 0.575. The summed E-state index contributed by atoms with van der Waals surface area (Å²) in [6, 6.07) is 0. The molecule has 1 aliphatic carbocycles. The monoisotopic (exact) mass is 144 g/mol. The van der Waals surface area contributed by atoms with E-state index in [1.807, 2.05) is 0 Å². The molecule has 2 bridgehead atoms. The van der Waals surface area contributed by atoms with Gasteiger partial charge in [0.25, 0.3) is 0 Å². The Morgan fingerprint density at radius 3 is 2.50 bits per heavy atom. The van der Waals surface area contributed by atoms with Crippen LogP contribution in [0.15, 0.2) is 0 Å². The van der Waals surface area contributed by atoms with Crippen LogP contribution in [0.2, 0.25) is 0 Å². The molecule has 3 rings (SSSR count). The maximum Gasteiger partial charge on any atom is 0.118 e. The fraction of sp³-hybridized carbons (Fsp3) is 1.00. The van der Waals surface area contributed by atoms with Crippen LogP contribution in [0.25, 0.3) is 0 Å². The minimum absolute atomic E-state index is 0.283. The van der Waals surface area contributed by atoms with E-state index < -0.39 is 0 Å². The third-order valence-corrected chi connectivity index (χ3v) is 3.07. The molecule has 0 unspecified atom stereocenters. The highest BCUT2D eigenvalue weighted by Gasteiger charge is 2.61. The van der Waals surface area contributed by atoms with E-state index in [2.05, 4.69) is 6.92 Å². The molecular weight excluding hydrogens is 131 g/mol. The van der Waals surface area contributed by atoms with Crippen LogP contribution in [0.1, 0.15) is 26.2 Å². The van der Waals surface area contributed by atoms with Gasteiger partial charge in [0.05, 0.1) is 12.2 Å². The second-order valence-electron chi connectivity index (χ2n) is 3.81. The number of alkyl halides is 1. The van der Waals surface area contributed by atoms with Crippen LogP contribution < -0.4 is 0 Å². The molecule has 1 saturated carbocycles. The number of hydrogen-bond acceptors (Lipinski definition) is 1. The Labute approximate surface area is 60.6 Å². The number of halogens is 1. The van der Waals surface area contributed by atoms with Crippen LogP contribution in [-0.4, -0.2) is 18.9 Å². The molecule has 0 aromatic carbocycles. The second kappa shape index (κ2) is 1.73. The minimum atomic E-state index is -0.323. The fourth-order valence-corrected chi connectivity index (χ4v) is 2.31. The largest absolute Gasteiger partial charge is 0.372 e. The first-order valence-electron chi connectivity index (χ1n) is 3.94. The van der Waals surface area contributed by atoms with Crippen molar-refractivity contribution < 1.29 is 9.13 Å². The third kappa shape index (κ3) is 0.605. The number of ether oxygens (including phenoxy) is 1. The summed E-state index contributed by atoms with van der Waals surface area (Å²) in [5.74, 6) is 0. The smallest absolute Gasteiger partial charge is 0.118 e. The first kappa shape index (κ1) is 6.59. The molecule has 0 aromatic heterocycles. The Bertz CT molecular complexity index is 133. The highest BCUT2D eigenvalue weighted by Crippen LogP contribution is 2.59. The van der Waals surface area contributed by atoms with E-state index >= 15 is 0 Å². The zero-order valence-corrected chi connectivity index (χ0v) is 6.32. The summed E-state index contributed by atoms with van der Waals surface area (Å²) in [6.45, 7) is 2.68. The fourth-order valence-electron chi connectivity index (χ4n) is 2.31. The van der Waals surface area contributed by atoms with E-state index in [4.69, 9.17) is 4.74 Å². The molecule has 3 fully saturated rings. The summed E-state index contributed by atoms with van der Waals surface area (Å²) in [7, 11) is 0. The predicted octanol–water partition coefficient (Wildman–Crippen LogP) is 1.92. The second-order valence-corrected chi connectivity index (χ2v) is 3.81. The Morgan fingerprint density at radius 1 is 1.50 bits per heavy atom. The van der Waals surface area contributed by atoms with E-state index in [0.717, 1.165) is 25.9 Å². The summed E-state index contributed by atoms with van der Waals surface area (Å²) in [5.41, 5.74) is 0.0576. The Hall–Kier alpha value is -0.110. The zero-order valence-electron chi connectivity index (χ0n) is 6.32. The molecule has 1 nitrogen and oxygen atoms in total. The lowest BCUT2D eigenvalue weighted by molar-refractivity contribution is -0.0350. The zero-order chi connectivity index (χ0) is 7.24. The van der Waals surface area contributed by atoms with Crippen molar-refractivity contribution in [2.45, 2.75) is 31.8 Å². The molecule has 3 aliphatic rings. The van der Waals surface area contributed by atoms with Gasteiger partial charge in [-0.25, -0.2) is 4.39 Å². The molecule has 0 spiro atoms. The highest BCUT2D eigenvalue weighted by molar-refractivity contribution is 5.10. The molecule has 0 amide bonds. The van der Waals surface area contributed by atoms with Gasteiger partial charge in [-0.15, -0.1) is 0 Å². The van der Waals surface area contributed by atoms with Gasteiger partial charge in [-0.3, -0.25) is 0 Å².